The fourth-order valence-electron chi connectivity index (χ4n) is 1.56. The van der Waals surface area contributed by atoms with Crippen molar-refractivity contribution in [2.24, 2.45) is 0 Å². The maximum Gasteiger partial charge on any atom is 0.407 e. The van der Waals surface area contributed by atoms with E-state index < -0.39 is 11.7 Å². The summed E-state index contributed by atoms with van der Waals surface area (Å²) in [5.74, 6) is 0.0311. The van der Waals surface area contributed by atoms with Crippen LogP contribution >= 0.6 is 27.3 Å². The van der Waals surface area contributed by atoms with Gasteiger partial charge in [-0.3, -0.25) is 4.79 Å². The second-order valence-electron chi connectivity index (χ2n) is 5.51. The monoisotopic (exact) mass is 361 g/mol. The van der Waals surface area contributed by atoms with Gasteiger partial charge in [-0.2, -0.15) is 0 Å². The number of hydrogen-bond donors (Lipinski definition) is 1. The number of ketones is 1. The number of rotatable bonds is 5. The first-order valence-electron chi connectivity index (χ1n) is 6.48. The molecule has 0 saturated heterocycles. The molecule has 1 aromatic rings. The highest BCUT2D eigenvalue weighted by Gasteiger charge is 2.21. The van der Waals surface area contributed by atoms with E-state index >= 15 is 0 Å². The molecule has 20 heavy (non-hydrogen) atoms. The predicted molar refractivity (Wildman–Crippen MR) is 84.4 cm³/mol. The highest BCUT2D eigenvalue weighted by molar-refractivity contribution is 9.10. The van der Waals surface area contributed by atoms with Crippen molar-refractivity contribution in [1.29, 1.82) is 0 Å². The van der Waals surface area contributed by atoms with Gasteiger partial charge in [-0.05, 0) is 49.2 Å². The van der Waals surface area contributed by atoms with Crippen molar-refractivity contribution in [2.45, 2.75) is 52.2 Å². The summed E-state index contributed by atoms with van der Waals surface area (Å²) in [5.41, 5.74) is -0.537. The molecule has 0 radical (unpaired) electrons. The lowest BCUT2D eigenvalue weighted by Gasteiger charge is -2.22. The van der Waals surface area contributed by atoms with Crippen LogP contribution in [0.2, 0.25) is 0 Å². The quantitative estimate of drug-likeness (QED) is 0.791. The van der Waals surface area contributed by atoms with Crippen LogP contribution in [-0.2, 0) is 4.74 Å². The van der Waals surface area contributed by atoms with Gasteiger partial charge >= 0.3 is 6.09 Å². The van der Waals surface area contributed by atoms with Gasteiger partial charge in [0.05, 0.1) is 4.88 Å². The predicted octanol–water partition coefficient (Wildman–Crippen LogP) is 4.39. The Kier molecular flexibility index (Phi) is 6.20. The molecule has 0 fully saturated rings. The summed E-state index contributed by atoms with van der Waals surface area (Å²) < 4.78 is 6.10. The fourth-order valence-corrected chi connectivity index (χ4v) is 2.93. The topological polar surface area (TPSA) is 55.4 Å². The third-order valence-electron chi connectivity index (χ3n) is 2.49. The Morgan fingerprint density at radius 3 is 2.55 bits per heavy atom. The Bertz CT molecular complexity index is 479. The third-order valence-corrected chi connectivity index (χ3v) is 4.22. The first kappa shape index (κ1) is 17.2. The Morgan fingerprint density at radius 1 is 1.45 bits per heavy atom. The number of alkyl carbamates (subject to hydrolysis) is 1. The number of halogens is 1. The van der Waals surface area contributed by atoms with E-state index in [1.54, 1.807) is 6.07 Å². The van der Waals surface area contributed by atoms with Crippen LogP contribution in [0.3, 0.4) is 0 Å². The van der Waals surface area contributed by atoms with Crippen molar-refractivity contribution in [3.05, 3.63) is 20.8 Å². The van der Waals surface area contributed by atoms with Crippen LogP contribution in [0.5, 0.6) is 0 Å². The number of thiophene rings is 1. The first-order chi connectivity index (χ1) is 9.21. The van der Waals surface area contributed by atoms with Gasteiger partial charge in [0.1, 0.15) is 5.60 Å². The summed E-state index contributed by atoms with van der Waals surface area (Å²) in [6.45, 7) is 7.35. The summed E-state index contributed by atoms with van der Waals surface area (Å²) in [6.07, 6.45) is 0.477. The molecule has 0 spiro atoms. The van der Waals surface area contributed by atoms with Gasteiger partial charge in [0.15, 0.2) is 5.78 Å². The fraction of sp³-hybridized carbons (Fsp3) is 0.571. The average Bonchev–Trinajstić information content (AvgIpc) is 2.72. The van der Waals surface area contributed by atoms with E-state index in [0.29, 0.717) is 11.3 Å². The van der Waals surface area contributed by atoms with Crippen LogP contribution in [0.1, 0.15) is 50.2 Å². The minimum Gasteiger partial charge on any atom is -0.444 e. The number of ether oxygens (including phenoxy) is 1. The molecular formula is C14H20BrNO3S. The summed E-state index contributed by atoms with van der Waals surface area (Å²) in [6, 6.07) is 1.59. The SMILES string of the molecule is CCC(CC(=O)c1cc(Br)cs1)NC(=O)OC(C)(C)C. The van der Waals surface area contributed by atoms with Crippen LogP contribution in [0, 0.1) is 0 Å². The lowest BCUT2D eigenvalue weighted by atomic mass is 10.1. The maximum atomic E-state index is 12.1. The lowest BCUT2D eigenvalue weighted by molar-refractivity contribution is 0.0500. The van der Waals surface area contributed by atoms with Gasteiger partial charge < -0.3 is 10.1 Å². The van der Waals surface area contributed by atoms with E-state index in [0.717, 1.165) is 4.47 Å². The van der Waals surface area contributed by atoms with Crippen LogP contribution < -0.4 is 5.32 Å². The molecule has 1 aromatic heterocycles. The van der Waals surface area contributed by atoms with Gasteiger partial charge in [-0.25, -0.2) is 4.79 Å². The van der Waals surface area contributed by atoms with Crippen molar-refractivity contribution >= 4 is 39.1 Å². The summed E-state index contributed by atoms with van der Waals surface area (Å²) in [4.78, 5) is 24.5. The van der Waals surface area contributed by atoms with Crippen molar-refractivity contribution in [3.63, 3.8) is 0 Å². The molecule has 0 bridgehead atoms. The molecule has 0 aliphatic heterocycles. The molecule has 1 N–H and O–H groups in total. The van der Waals surface area contributed by atoms with Crippen molar-refractivity contribution in [3.8, 4) is 0 Å². The van der Waals surface area contributed by atoms with Gasteiger partial charge in [0.2, 0.25) is 0 Å². The molecule has 0 aliphatic rings. The number of carbonyl (C=O) groups is 2. The van der Waals surface area contributed by atoms with Gasteiger partial charge in [0, 0.05) is 22.3 Å². The molecule has 1 rings (SSSR count). The zero-order valence-corrected chi connectivity index (χ0v) is 14.6. The molecule has 6 heteroatoms. The average molecular weight is 362 g/mol. The standard InChI is InChI=1S/C14H20BrNO3S/c1-5-10(16-13(18)19-14(2,3)4)7-11(17)12-6-9(15)8-20-12/h6,8,10H,5,7H2,1-4H3,(H,16,18). The second-order valence-corrected chi connectivity index (χ2v) is 7.33. The van der Waals surface area contributed by atoms with E-state index in [2.05, 4.69) is 21.2 Å². The number of Topliss-reactive ketones (excluding diaryl/α,β-unsaturated/α-hetero) is 1. The molecule has 1 unspecified atom stereocenters. The minimum atomic E-state index is -0.537. The Labute approximate surface area is 132 Å². The molecule has 4 nitrogen and oxygen atoms in total. The number of amides is 1. The Morgan fingerprint density at radius 2 is 2.10 bits per heavy atom. The maximum absolute atomic E-state index is 12.1. The first-order valence-corrected chi connectivity index (χ1v) is 8.15. The van der Waals surface area contributed by atoms with E-state index in [9.17, 15) is 9.59 Å². The van der Waals surface area contributed by atoms with Crippen molar-refractivity contribution in [2.75, 3.05) is 0 Å². The van der Waals surface area contributed by atoms with E-state index in [-0.39, 0.29) is 18.2 Å². The normalized spacial score (nSPS) is 12.8. The Balaban J connectivity index is 2.55. The zero-order chi connectivity index (χ0) is 15.3. The second kappa shape index (κ2) is 7.22. The molecular weight excluding hydrogens is 342 g/mol. The molecule has 0 aromatic carbocycles. The van der Waals surface area contributed by atoms with Crippen LogP contribution in [0.4, 0.5) is 4.79 Å². The van der Waals surface area contributed by atoms with E-state index in [1.165, 1.54) is 11.3 Å². The molecule has 1 amide bonds. The largest absolute Gasteiger partial charge is 0.444 e. The van der Waals surface area contributed by atoms with Crippen LogP contribution in [-0.4, -0.2) is 23.5 Å². The van der Waals surface area contributed by atoms with Gasteiger partial charge in [-0.15, -0.1) is 11.3 Å². The molecule has 0 saturated carbocycles. The summed E-state index contributed by atoms with van der Waals surface area (Å²) in [5, 5.41) is 4.61. The third kappa shape index (κ3) is 6.05. The highest BCUT2D eigenvalue weighted by atomic mass is 79.9. The smallest absolute Gasteiger partial charge is 0.407 e. The zero-order valence-electron chi connectivity index (χ0n) is 12.2. The Hall–Kier alpha value is -0.880. The number of carbonyl (C=O) groups excluding carboxylic acids is 2. The molecule has 0 aliphatic carbocycles. The van der Waals surface area contributed by atoms with E-state index in [1.807, 2.05) is 33.1 Å². The molecule has 112 valence electrons. The lowest BCUT2D eigenvalue weighted by Crippen LogP contribution is -2.39. The van der Waals surface area contributed by atoms with Crippen molar-refractivity contribution < 1.29 is 14.3 Å². The number of nitrogens with one attached hydrogen (secondary N) is 1. The van der Waals surface area contributed by atoms with E-state index in [4.69, 9.17) is 4.74 Å². The number of hydrogen-bond acceptors (Lipinski definition) is 4. The van der Waals surface area contributed by atoms with Crippen molar-refractivity contribution in [1.82, 2.24) is 5.32 Å². The summed E-state index contributed by atoms with van der Waals surface area (Å²) >= 11 is 4.72. The minimum absolute atomic E-state index is 0.0311. The highest BCUT2D eigenvalue weighted by Crippen LogP contribution is 2.21. The summed E-state index contributed by atoms with van der Waals surface area (Å²) in [7, 11) is 0. The van der Waals surface area contributed by atoms with Crippen LogP contribution in [0.15, 0.2) is 15.9 Å². The van der Waals surface area contributed by atoms with Crippen LogP contribution in [0.25, 0.3) is 0 Å². The van der Waals surface area contributed by atoms with Gasteiger partial charge in [0.25, 0.3) is 0 Å². The van der Waals surface area contributed by atoms with Gasteiger partial charge in [-0.1, -0.05) is 6.92 Å². The molecule has 1 atom stereocenters. The molecule has 1 heterocycles.